The number of amides is 3. The van der Waals surface area contributed by atoms with Crippen LogP contribution in [0.1, 0.15) is 32.1 Å². The SMILES string of the molecule is NCCCC[C@H](NC(=O)CCC(N)=O)C(N)=O. The summed E-state index contributed by atoms with van der Waals surface area (Å²) in [5, 5.41) is 2.47. The van der Waals surface area contributed by atoms with Gasteiger partial charge in [0, 0.05) is 12.8 Å². The first-order chi connectivity index (χ1) is 7.97. The number of primary amides is 2. The fraction of sp³-hybridized carbons (Fsp3) is 0.700. The monoisotopic (exact) mass is 244 g/mol. The lowest BCUT2D eigenvalue weighted by molar-refractivity contribution is -0.128. The quantitative estimate of drug-likeness (QED) is 0.360. The van der Waals surface area contributed by atoms with Gasteiger partial charge in [-0.05, 0) is 25.8 Å². The van der Waals surface area contributed by atoms with Gasteiger partial charge in [-0.3, -0.25) is 14.4 Å². The molecular formula is C10H20N4O3. The van der Waals surface area contributed by atoms with Gasteiger partial charge in [0.15, 0.2) is 0 Å². The number of unbranched alkanes of at least 4 members (excludes halogenated alkanes) is 1. The zero-order valence-corrected chi connectivity index (χ0v) is 9.78. The first-order valence-electron chi connectivity index (χ1n) is 5.54. The van der Waals surface area contributed by atoms with Crippen molar-refractivity contribution in [3.8, 4) is 0 Å². The van der Waals surface area contributed by atoms with E-state index in [1.54, 1.807) is 0 Å². The van der Waals surface area contributed by atoms with Crippen LogP contribution in [0.5, 0.6) is 0 Å². The van der Waals surface area contributed by atoms with E-state index in [4.69, 9.17) is 17.2 Å². The molecule has 0 saturated carbocycles. The molecule has 98 valence electrons. The Hall–Kier alpha value is -1.63. The van der Waals surface area contributed by atoms with Gasteiger partial charge in [0.2, 0.25) is 17.7 Å². The van der Waals surface area contributed by atoms with Crippen LogP contribution in [0.15, 0.2) is 0 Å². The van der Waals surface area contributed by atoms with Crippen LogP contribution in [0.4, 0.5) is 0 Å². The summed E-state index contributed by atoms with van der Waals surface area (Å²) < 4.78 is 0. The molecular weight excluding hydrogens is 224 g/mol. The van der Waals surface area contributed by atoms with Gasteiger partial charge in [0.05, 0.1) is 0 Å². The molecule has 0 radical (unpaired) electrons. The Morgan fingerprint density at radius 2 is 1.71 bits per heavy atom. The molecule has 0 unspecified atom stereocenters. The van der Waals surface area contributed by atoms with Crippen molar-refractivity contribution in [1.29, 1.82) is 0 Å². The predicted octanol–water partition coefficient (Wildman–Crippen LogP) is -1.65. The number of nitrogens with two attached hydrogens (primary N) is 3. The molecule has 0 aromatic rings. The van der Waals surface area contributed by atoms with Crippen LogP contribution in [-0.2, 0) is 14.4 Å². The first-order valence-corrected chi connectivity index (χ1v) is 5.54. The number of carbonyl (C=O) groups excluding carboxylic acids is 3. The van der Waals surface area contributed by atoms with Crippen LogP contribution >= 0.6 is 0 Å². The smallest absolute Gasteiger partial charge is 0.239 e. The maximum Gasteiger partial charge on any atom is 0.239 e. The highest BCUT2D eigenvalue weighted by Gasteiger charge is 2.17. The van der Waals surface area contributed by atoms with Gasteiger partial charge in [0.1, 0.15) is 6.04 Å². The van der Waals surface area contributed by atoms with E-state index in [1.807, 2.05) is 0 Å². The molecule has 0 aliphatic carbocycles. The highest BCUT2D eigenvalue weighted by molar-refractivity contribution is 5.88. The van der Waals surface area contributed by atoms with E-state index < -0.39 is 23.8 Å². The number of hydrogen-bond acceptors (Lipinski definition) is 4. The Kier molecular flexibility index (Phi) is 7.70. The van der Waals surface area contributed by atoms with Crippen molar-refractivity contribution < 1.29 is 14.4 Å². The van der Waals surface area contributed by atoms with Crippen molar-refractivity contribution in [1.82, 2.24) is 5.32 Å². The van der Waals surface area contributed by atoms with Gasteiger partial charge in [-0.25, -0.2) is 0 Å². The molecule has 1 atom stereocenters. The second-order valence-electron chi connectivity index (χ2n) is 3.77. The Morgan fingerprint density at radius 1 is 1.06 bits per heavy atom. The normalized spacial score (nSPS) is 11.8. The Labute approximate surface area is 100 Å². The molecule has 7 nitrogen and oxygen atoms in total. The topological polar surface area (TPSA) is 141 Å². The highest BCUT2D eigenvalue weighted by Crippen LogP contribution is 2.01. The highest BCUT2D eigenvalue weighted by atomic mass is 16.2. The van der Waals surface area contributed by atoms with Gasteiger partial charge < -0.3 is 22.5 Å². The second-order valence-corrected chi connectivity index (χ2v) is 3.77. The first kappa shape index (κ1) is 15.4. The molecule has 0 bridgehead atoms. The van der Waals surface area contributed by atoms with Crippen LogP contribution in [0.3, 0.4) is 0 Å². The van der Waals surface area contributed by atoms with Gasteiger partial charge in [-0.2, -0.15) is 0 Å². The minimum atomic E-state index is -0.707. The average Bonchev–Trinajstić information content (AvgIpc) is 2.25. The molecule has 0 fully saturated rings. The Morgan fingerprint density at radius 3 is 2.18 bits per heavy atom. The van der Waals surface area contributed by atoms with E-state index in [9.17, 15) is 14.4 Å². The predicted molar refractivity (Wildman–Crippen MR) is 62.5 cm³/mol. The van der Waals surface area contributed by atoms with Gasteiger partial charge >= 0.3 is 0 Å². The summed E-state index contributed by atoms with van der Waals surface area (Å²) in [7, 11) is 0. The summed E-state index contributed by atoms with van der Waals surface area (Å²) in [4.78, 5) is 32.9. The molecule has 0 saturated heterocycles. The molecule has 3 amide bonds. The van der Waals surface area contributed by atoms with Crippen molar-refractivity contribution in [3.63, 3.8) is 0 Å². The molecule has 0 aromatic heterocycles. The molecule has 0 spiro atoms. The lowest BCUT2D eigenvalue weighted by Crippen LogP contribution is -2.44. The molecule has 17 heavy (non-hydrogen) atoms. The van der Waals surface area contributed by atoms with Gasteiger partial charge in [0.25, 0.3) is 0 Å². The van der Waals surface area contributed by atoms with E-state index in [0.29, 0.717) is 19.4 Å². The molecule has 7 heteroatoms. The summed E-state index contributed by atoms with van der Waals surface area (Å²) in [6.45, 7) is 0.529. The minimum absolute atomic E-state index is 0.0317. The van der Waals surface area contributed by atoms with Crippen molar-refractivity contribution in [2.45, 2.75) is 38.1 Å². The fourth-order valence-corrected chi connectivity index (χ4v) is 1.28. The molecule has 7 N–H and O–H groups in total. The summed E-state index contributed by atoms with van der Waals surface area (Å²) >= 11 is 0. The third kappa shape index (κ3) is 8.21. The largest absolute Gasteiger partial charge is 0.370 e. The van der Waals surface area contributed by atoms with E-state index >= 15 is 0 Å². The third-order valence-corrected chi connectivity index (χ3v) is 2.22. The fourth-order valence-electron chi connectivity index (χ4n) is 1.28. The molecule has 0 rings (SSSR count). The van der Waals surface area contributed by atoms with E-state index in [-0.39, 0.29) is 12.8 Å². The minimum Gasteiger partial charge on any atom is -0.370 e. The maximum atomic E-state index is 11.3. The van der Waals surface area contributed by atoms with Crippen LogP contribution in [0.2, 0.25) is 0 Å². The number of carbonyl (C=O) groups is 3. The summed E-state index contributed by atoms with van der Waals surface area (Å²) in [5.74, 6) is -1.55. The molecule has 0 heterocycles. The summed E-state index contributed by atoms with van der Waals surface area (Å²) in [6.07, 6.45) is 1.85. The van der Waals surface area contributed by atoms with E-state index in [2.05, 4.69) is 5.32 Å². The number of nitrogens with one attached hydrogen (secondary N) is 1. The zero-order chi connectivity index (χ0) is 13.3. The van der Waals surface area contributed by atoms with Crippen LogP contribution in [0.25, 0.3) is 0 Å². The summed E-state index contributed by atoms with van der Waals surface area (Å²) in [6, 6.07) is -0.707. The number of rotatable bonds is 9. The molecule has 0 aromatic carbocycles. The Bertz CT molecular complexity index is 281. The summed E-state index contributed by atoms with van der Waals surface area (Å²) in [5.41, 5.74) is 15.4. The maximum absolute atomic E-state index is 11.3. The van der Waals surface area contributed by atoms with Crippen molar-refractivity contribution in [2.75, 3.05) is 6.54 Å². The standard InChI is InChI=1S/C10H20N4O3/c11-6-2-1-3-7(10(13)17)14-9(16)5-4-8(12)15/h7H,1-6,11H2,(H2,12,15)(H2,13,17)(H,14,16)/t7-/m0/s1. The Balaban J connectivity index is 4.02. The van der Waals surface area contributed by atoms with Crippen molar-refractivity contribution in [2.24, 2.45) is 17.2 Å². The lowest BCUT2D eigenvalue weighted by atomic mass is 10.1. The van der Waals surface area contributed by atoms with Crippen LogP contribution in [-0.4, -0.2) is 30.3 Å². The zero-order valence-electron chi connectivity index (χ0n) is 9.78. The van der Waals surface area contributed by atoms with Crippen molar-refractivity contribution in [3.05, 3.63) is 0 Å². The van der Waals surface area contributed by atoms with E-state index in [1.165, 1.54) is 0 Å². The van der Waals surface area contributed by atoms with Gasteiger partial charge in [-0.1, -0.05) is 0 Å². The third-order valence-electron chi connectivity index (χ3n) is 2.22. The number of hydrogen-bond donors (Lipinski definition) is 4. The lowest BCUT2D eigenvalue weighted by Gasteiger charge is -2.14. The van der Waals surface area contributed by atoms with Crippen LogP contribution < -0.4 is 22.5 Å². The molecule has 0 aliphatic rings. The van der Waals surface area contributed by atoms with Crippen molar-refractivity contribution >= 4 is 17.7 Å². The van der Waals surface area contributed by atoms with Crippen LogP contribution in [0, 0.1) is 0 Å². The molecule has 0 aliphatic heterocycles. The van der Waals surface area contributed by atoms with E-state index in [0.717, 1.165) is 6.42 Å². The average molecular weight is 244 g/mol. The second kappa shape index (κ2) is 8.51. The van der Waals surface area contributed by atoms with Gasteiger partial charge in [-0.15, -0.1) is 0 Å².